The third-order valence-electron chi connectivity index (χ3n) is 3.02. The smallest absolute Gasteiger partial charge is 0.433 e. The van der Waals surface area contributed by atoms with E-state index in [1.54, 1.807) is 0 Å². The Morgan fingerprint density at radius 2 is 1.88 bits per heavy atom. The Hall–Kier alpha value is -1.38. The van der Waals surface area contributed by atoms with Crippen LogP contribution in [0.1, 0.15) is 18.4 Å². The molecule has 1 aliphatic rings. The van der Waals surface area contributed by atoms with Crippen molar-refractivity contribution >= 4 is 39.0 Å². The van der Waals surface area contributed by atoms with Crippen molar-refractivity contribution in [2.45, 2.75) is 24.8 Å². The lowest BCUT2D eigenvalue weighted by molar-refractivity contribution is -0.0925. The number of hydrogen-bond donors (Lipinski definition) is 1. The van der Waals surface area contributed by atoms with Gasteiger partial charge in [-0.05, 0) is 12.5 Å². The topological polar surface area (TPSA) is 62.5 Å². The predicted molar refractivity (Wildman–Crippen MR) is 87.6 cm³/mol. The minimum absolute atomic E-state index is 0.00438. The van der Waals surface area contributed by atoms with Gasteiger partial charge in [-0.3, -0.25) is 9.19 Å². The van der Waals surface area contributed by atoms with Gasteiger partial charge in [0.15, 0.2) is 0 Å². The molecule has 1 aliphatic heterocycles. The van der Waals surface area contributed by atoms with Gasteiger partial charge < -0.3 is 5.11 Å². The number of hydrogen-bond acceptors (Lipinski definition) is 4. The zero-order valence-corrected chi connectivity index (χ0v) is 14.3. The summed E-state index contributed by atoms with van der Waals surface area (Å²) in [6.45, 7) is 0. The van der Waals surface area contributed by atoms with Gasteiger partial charge in [-0.2, -0.15) is 13.2 Å². The van der Waals surface area contributed by atoms with E-state index in [4.69, 9.17) is 23.2 Å². The second-order valence-electron chi connectivity index (χ2n) is 4.77. The van der Waals surface area contributed by atoms with E-state index in [9.17, 15) is 22.5 Å². The molecule has 1 N–H and O–H groups in total. The highest BCUT2D eigenvalue weighted by atomic mass is 35.5. The summed E-state index contributed by atoms with van der Waals surface area (Å²) in [5.41, 5.74) is -0.987. The molecule has 1 atom stereocenters. The number of pyridine rings is 1. The summed E-state index contributed by atoms with van der Waals surface area (Å²) >= 11 is 11.9. The SMILES string of the molecule is O=S(Cc1c(Cl)cncc1Cl)C1=N/C(C(F)(F)F)=C\C(O)=C\CC1. The van der Waals surface area contributed by atoms with Crippen molar-refractivity contribution < 1.29 is 22.5 Å². The number of aliphatic imine (C=N–C) groups is 1. The van der Waals surface area contributed by atoms with E-state index in [0.29, 0.717) is 11.6 Å². The van der Waals surface area contributed by atoms with Gasteiger partial charge in [-0.15, -0.1) is 0 Å². The second kappa shape index (κ2) is 7.67. The van der Waals surface area contributed by atoms with Crippen molar-refractivity contribution in [1.82, 2.24) is 4.98 Å². The van der Waals surface area contributed by atoms with Crippen LogP contribution in [0, 0.1) is 0 Å². The van der Waals surface area contributed by atoms with Crippen molar-refractivity contribution in [2.75, 3.05) is 0 Å². The zero-order chi connectivity index (χ0) is 17.9. The molecule has 0 bridgehead atoms. The first-order chi connectivity index (χ1) is 11.2. The Labute approximate surface area is 148 Å². The molecule has 4 nitrogen and oxygen atoms in total. The second-order valence-corrected chi connectivity index (χ2v) is 7.04. The summed E-state index contributed by atoms with van der Waals surface area (Å²) in [6, 6.07) is 0. The van der Waals surface area contributed by atoms with Crippen LogP contribution >= 0.6 is 23.2 Å². The normalized spacial score (nSPS) is 21.6. The monoisotopic (exact) mass is 398 g/mol. The fourth-order valence-electron chi connectivity index (χ4n) is 1.87. The Morgan fingerprint density at radius 3 is 2.46 bits per heavy atom. The van der Waals surface area contributed by atoms with Gasteiger partial charge in [0.25, 0.3) is 0 Å². The average molecular weight is 399 g/mol. The van der Waals surface area contributed by atoms with Gasteiger partial charge in [-0.1, -0.05) is 23.2 Å². The molecule has 0 aromatic carbocycles. The quantitative estimate of drug-likeness (QED) is 0.783. The Kier molecular flexibility index (Phi) is 6.06. The molecule has 0 spiro atoms. The summed E-state index contributed by atoms with van der Waals surface area (Å²) in [5, 5.41) is 9.58. The third kappa shape index (κ3) is 4.81. The zero-order valence-electron chi connectivity index (χ0n) is 12.0. The van der Waals surface area contributed by atoms with E-state index in [2.05, 4.69) is 9.98 Å². The van der Waals surface area contributed by atoms with Crippen LogP contribution in [0.2, 0.25) is 10.0 Å². The molecule has 2 rings (SSSR count). The Bertz CT molecular complexity index is 741. The van der Waals surface area contributed by atoms with Crippen LogP contribution in [-0.4, -0.2) is 25.5 Å². The maximum absolute atomic E-state index is 13.0. The van der Waals surface area contributed by atoms with Crippen molar-refractivity contribution in [3.05, 3.63) is 51.6 Å². The van der Waals surface area contributed by atoms with Gasteiger partial charge in [0.1, 0.15) is 16.5 Å². The summed E-state index contributed by atoms with van der Waals surface area (Å²) in [7, 11) is -1.86. The van der Waals surface area contributed by atoms with Gasteiger partial charge >= 0.3 is 6.18 Å². The van der Waals surface area contributed by atoms with E-state index >= 15 is 0 Å². The van der Waals surface area contributed by atoms with Gasteiger partial charge in [0.05, 0.1) is 26.6 Å². The van der Waals surface area contributed by atoms with Crippen LogP contribution in [0.25, 0.3) is 0 Å². The molecule has 130 valence electrons. The molecule has 2 heterocycles. The van der Waals surface area contributed by atoms with Crippen LogP contribution in [0.15, 0.2) is 41.0 Å². The fraction of sp³-hybridized carbons (Fsp3) is 0.286. The largest absolute Gasteiger partial charge is 0.508 e. The molecule has 24 heavy (non-hydrogen) atoms. The molecular formula is C14H11Cl2F3N2O2S. The predicted octanol–water partition coefficient (Wildman–Crippen LogP) is 4.72. The first-order valence-corrected chi connectivity index (χ1v) is 8.68. The van der Waals surface area contributed by atoms with Gasteiger partial charge in [-0.25, -0.2) is 4.99 Å². The molecule has 1 aromatic rings. The number of aliphatic hydroxyl groups is 1. The van der Waals surface area contributed by atoms with E-state index in [0.717, 1.165) is 0 Å². The molecule has 0 fully saturated rings. The van der Waals surface area contributed by atoms with E-state index in [1.165, 1.54) is 18.5 Å². The number of alkyl halides is 3. The molecule has 10 heteroatoms. The van der Waals surface area contributed by atoms with Crippen LogP contribution in [-0.2, 0) is 16.6 Å². The third-order valence-corrected chi connectivity index (χ3v) is 5.05. The van der Waals surface area contributed by atoms with Crippen molar-refractivity contribution in [2.24, 2.45) is 4.99 Å². The number of aromatic nitrogens is 1. The number of allylic oxidation sites excluding steroid dienone is 3. The molecular weight excluding hydrogens is 388 g/mol. The van der Waals surface area contributed by atoms with E-state index in [-0.39, 0.29) is 33.7 Å². The summed E-state index contributed by atoms with van der Waals surface area (Å²) < 4.78 is 51.3. The van der Waals surface area contributed by atoms with Crippen LogP contribution in [0.4, 0.5) is 13.2 Å². The molecule has 0 aliphatic carbocycles. The minimum Gasteiger partial charge on any atom is -0.508 e. The molecule has 0 amide bonds. The lowest BCUT2D eigenvalue weighted by Crippen LogP contribution is -2.17. The fourth-order valence-corrected chi connectivity index (χ4v) is 3.81. The molecule has 0 saturated carbocycles. The van der Waals surface area contributed by atoms with E-state index in [1.807, 2.05) is 0 Å². The maximum atomic E-state index is 13.0. The van der Waals surface area contributed by atoms with Crippen LogP contribution < -0.4 is 0 Å². The van der Waals surface area contributed by atoms with Crippen molar-refractivity contribution in [1.29, 1.82) is 0 Å². The Balaban J connectivity index is 2.34. The number of halogens is 5. The molecule has 0 saturated heterocycles. The first-order valence-electron chi connectivity index (χ1n) is 6.60. The number of aliphatic hydroxyl groups excluding tert-OH is 1. The van der Waals surface area contributed by atoms with Crippen LogP contribution in [0.5, 0.6) is 0 Å². The summed E-state index contributed by atoms with van der Waals surface area (Å²) in [4.78, 5) is 7.22. The Morgan fingerprint density at radius 1 is 1.25 bits per heavy atom. The molecule has 1 unspecified atom stereocenters. The lowest BCUT2D eigenvalue weighted by atomic mass is 10.2. The molecule has 1 aromatic heterocycles. The van der Waals surface area contributed by atoms with Crippen molar-refractivity contribution in [3.63, 3.8) is 0 Å². The first kappa shape index (κ1) is 19.0. The van der Waals surface area contributed by atoms with Gasteiger partial charge in [0.2, 0.25) is 0 Å². The highest BCUT2D eigenvalue weighted by Crippen LogP contribution is 2.30. The maximum Gasteiger partial charge on any atom is 0.433 e. The molecule has 0 radical (unpaired) electrons. The minimum atomic E-state index is -4.78. The summed E-state index contributed by atoms with van der Waals surface area (Å²) in [5.74, 6) is -0.712. The number of rotatable bonds is 2. The van der Waals surface area contributed by atoms with Crippen molar-refractivity contribution in [3.8, 4) is 0 Å². The van der Waals surface area contributed by atoms with Gasteiger partial charge in [0, 0.05) is 30.5 Å². The standard InChI is InChI=1S/C14H11Cl2F3N2O2S/c15-10-5-20-6-11(16)9(10)7-24(23)13-3-1-2-8(22)4-12(21-13)14(17,18)19/h2,4-6,22H,1,3,7H2/b8-2-,12-4-,21-13?. The number of nitrogens with zero attached hydrogens (tertiary/aromatic N) is 2. The average Bonchev–Trinajstić information content (AvgIpc) is 2.45. The highest BCUT2D eigenvalue weighted by Gasteiger charge is 2.35. The van der Waals surface area contributed by atoms with E-state index < -0.39 is 28.4 Å². The lowest BCUT2D eigenvalue weighted by Gasteiger charge is -2.13. The van der Waals surface area contributed by atoms with Crippen LogP contribution in [0.3, 0.4) is 0 Å². The highest BCUT2D eigenvalue weighted by molar-refractivity contribution is 7.99. The summed E-state index contributed by atoms with van der Waals surface area (Å²) in [6.07, 6.45) is -0.239.